The number of benzene rings is 1. The van der Waals surface area contributed by atoms with Crippen LogP contribution in [0.3, 0.4) is 0 Å². The molecule has 0 aliphatic heterocycles. The standard InChI is InChI=1S/C24H32N4O8/c1-22(2,3)34-19(29)26-17(15-11-10-12-16(13-15)28(32)33)14-25-18(26)27(20(30)35-23(4,5)6)21(31)36-24(7,8)9/h10-14H,1-9H3. The Morgan fingerprint density at radius 2 is 1.39 bits per heavy atom. The summed E-state index contributed by atoms with van der Waals surface area (Å²) in [7, 11) is 0. The fourth-order valence-electron chi connectivity index (χ4n) is 2.82. The molecule has 2 rings (SSSR count). The van der Waals surface area contributed by atoms with E-state index in [1.165, 1.54) is 30.5 Å². The first-order valence-corrected chi connectivity index (χ1v) is 11.1. The molecule has 0 fully saturated rings. The first-order chi connectivity index (χ1) is 16.3. The summed E-state index contributed by atoms with van der Waals surface area (Å²) in [5.41, 5.74) is -2.92. The monoisotopic (exact) mass is 504 g/mol. The van der Waals surface area contributed by atoms with E-state index in [2.05, 4.69) is 4.98 Å². The van der Waals surface area contributed by atoms with Crippen LogP contribution in [0.15, 0.2) is 30.5 Å². The van der Waals surface area contributed by atoms with Gasteiger partial charge >= 0.3 is 18.3 Å². The second-order valence-electron chi connectivity index (χ2n) is 10.9. The van der Waals surface area contributed by atoms with E-state index in [9.17, 15) is 24.5 Å². The number of carbonyl (C=O) groups excluding carboxylic acids is 3. The summed E-state index contributed by atoms with van der Waals surface area (Å²) in [5, 5.41) is 11.3. The second-order valence-corrected chi connectivity index (χ2v) is 10.9. The van der Waals surface area contributed by atoms with E-state index in [4.69, 9.17) is 14.2 Å². The van der Waals surface area contributed by atoms with Gasteiger partial charge in [-0.2, -0.15) is 0 Å². The molecular weight excluding hydrogens is 472 g/mol. The Bertz CT molecular complexity index is 1140. The number of non-ortho nitro benzene ring substituents is 1. The van der Waals surface area contributed by atoms with Crippen molar-refractivity contribution < 1.29 is 33.5 Å². The minimum Gasteiger partial charge on any atom is -0.443 e. The molecule has 0 aliphatic carbocycles. The van der Waals surface area contributed by atoms with Crippen molar-refractivity contribution in [3.63, 3.8) is 0 Å². The van der Waals surface area contributed by atoms with Gasteiger partial charge in [0.15, 0.2) is 0 Å². The zero-order valence-corrected chi connectivity index (χ0v) is 21.9. The number of imide groups is 1. The van der Waals surface area contributed by atoms with Gasteiger partial charge in [0.05, 0.1) is 16.8 Å². The third-order valence-corrected chi connectivity index (χ3v) is 4.02. The predicted molar refractivity (Wildman–Crippen MR) is 131 cm³/mol. The normalized spacial score (nSPS) is 12.0. The molecule has 1 heterocycles. The summed E-state index contributed by atoms with van der Waals surface area (Å²) in [6.07, 6.45) is -2.07. The molecule has 36 heavy (non-hydrogen) atoms. The highest BCUT2D eigenvalue weighted by molar-refractivity contribution is 6.09. The number of aromatic nitrogens is 2. The average molecular weight is 505 g/mol. The van der Waals surface area contributed by atoms with Crippen molar-refractivity contribution in [2.24, 2.45) is 0 Å². The topological polar surface area (TPSA) is 143 Å². The van der Waals surface area contributed by atoms with Gasteiger partial charge in [0.2, 0.25) is 5.95 Å². The number of imidazole rings is 1. The SMILES string of the molecule is CC(C)(C)OC(=O)N(C(=O)OC(C)(C)C)c1ncc(-c2cccc([N+](=O)[O-])c2)n1C(=O)OC(C)(C)C. The summed E-state index contributed by atoms with van der Waals surface area (Å²) in [6, 6.07) is 5.46. The quantitative estimate of drug-likeness (QED) is 0.283. The zero-order valence-electron chi connectivity index (χ0n) is 21.9. The molecule has 1 aromatic carbocycles. The number of hydrogen-bond acceptors (Lipinski definition) is 9. The number of hydrogen-bond donors (Lipinski definition) is 0. The van der Waals surface area contributed by atoms with Gasteiger partial charge < -0.3 is 14.2 Å². The van der Waals surface area contributed by atoms with E-state index < -0.39 is 46.0 Å². The first-order valence-electron chi connectivity index (χ1n) is 11.1. The van der Waals surface area contributed by atoms with Crippen molar-refractivity contribution in [3.8, 4) is 11.3 Å². The molecule has 12 heteroatoms. The third kappa shape index (κ3) is 7.52. The van der Waals surface area contributed by atoms with E-state index in [0.29, 0.717) is 4.90 Å². The maximum absolute atomic E-state index is 13.3. The molecule has 0 atom stereocenters. The molecule has 0 N–H and O–H groups in total. The van der Waals surface area contributed by atoms with Crippen LogP contribution in [0.25, 0.3) is 11.3 Å². The van der Waals surface area contributed by atoms with Crippen LogP contribution in [0, 0.1) is 10.1 Å². The highest BCUT2D eigenvalue weighted by Crippen LogP contribution is 2.30. The molecule has 0 spiro atoms. The number of amides is 2. The fourth-order valence-corrected chi connectivity index (χ4v) is 2.82. The van der Waals surface area contributed by atoms with Gasteiger partial charge in [-0.1, -0.05) is 12.1 Å². The Hall–Kier alpha value is -3.96. The van der Waals surface area contributed by atoms with Crippen LogP contribution in [-0.4, -0.2) is 49.6 Å². The second kappa shape index (κ2) is 9.96. The Morgan fingerprint density at radius 3 is 1.83 bits per heavy atom. The summed E-state index contributed by atoms with van der Waals surface area (Å²) in [5.74, 6) is -0.464. The zero-order chi connectivity index (χ0) is 27.6. The smallest absolute Gasteiger partial charge is 0.427 e. The van der Waals surface area contributed by atoms with Gasteiger partial charge in [-0.3, -0.25) is 10.1 Å². The van der Waals surface area contributed by atoms with Crippen LogP contribution in [0.4, 0.5) is 26.0 Å². The summed E-state index contributed by atoms with van der Waals surface area (Å²) in [4.78, 5) is 54.9. The highest BCUT2D eigenvalue weighted by atomic mass is 16.6. The van der Waals surface area contributed by atoms with Crippen molar-refractivity contribution >= 4 is 29.9 Å². The Morgan fingerprint density at radius 1 is 0.889 bits per heavy atom. The number of ether oxygens (including phenoxy) is 3. The molecule has 2 aromatic rings. The summed E-state index contributed by atoms with van der Waals surface area (Å²) < 4.78 is 17.1. The molecule has 0 unspecified atom stereocenters. The average Bonchev–Trinajstić information content (AvgIpc) is 3.08. The van der Waals surface area contributed by atoms with Crippen LogP contribution in [0.1, 0.15) is 62.3 Å². The maximum atomic E-state index is 13.3. The Labute approximate surface area is 209 Å². The number of rotatable bonds is 3. The van der Waals surface area contributed by atoms with Crippen LogP contribution in [0.2, 0.25) is 0 Å². The van der Waals surface area contributed by atoms with E-state index >= 15 is 0 Å². The molecule has 196 valence electrons. The number of nitro benzene ring substituents is 1. The van der Waals surface area contributed by atoms with Crippen molar-refractivity contribution in [2.45, 2.75) is 79.1 Å². The largest absolute Gasteiger partial charge is 0.443 e. The molecule has 12 nitrogen and oxygen atoms in total. The molecule has 1 aromatic heterocycles. The van der Waals surface area contributed by atoms with Gasteiger partial charge in [0.25, 0.3) is 5.69 Å². The Balaban J connectivity index is 2.79. The molecule has 0 radical (unpaired) electrons. The fraction of sp³-hybridized carbons (Fsp3) is 0.500. The molecule has 0 saturated heterocycles. The van der Waals surface area contributed by atoms with E-state index in [1.54, 1.807) is 62.3 Å². The van der Waals surface area contributed by atoms with Gasteiger partial charge in [-0.15, -0.1) is 4.90 Å². The van der Waals surface area contributed by atoms with Crippen LogP contribution < -0.4 is 4.90 Å². The number of nitrogens with zero attached hydrogens (tertiary/aromatic N) is 4. The lowest BCUT2D eigenvalue weighted by Gasteiger charge is -2.28. The number of anilines is 1. The van der Waals surface area contributed by atoms with E-state index in [1.807, 2.05) is 0 Å². The lowest BCUT2D eigenvalue weighted by molar-refractivity contribution is -0.384. The van der Waals surface area contributed by atoms with E-state index in [-0.39, 0.29) is 16.9 Å². The molecule has 0 bridgehead atoms. The highest BCUT2D eigenvalue weighted by Gasteiger charge is 2.38. The Kier molecular flexibility index (Phi) is 7.82. The van der Waals surface area contributed by atoms with Gasteiger partial charge in [0.1, 0.15) is 16.8 Å². The minimum atomic E-state index is -1.14. The van der Waals surface area contributed by atoms with Crippen molar-refractivity contribution in [1.82, 2.24) is 9.55 Å². The van der Waals surface area contributed by atoms with Crippen molar-refractivity contribution in [3.05, 3.63) is 40.6 Å². The predicted octanol–water partition coefficient (Wildman–Crippen LogP) is 5.92. The lowest BCUT2D eigenvalue weighted by atomic mass is 10.1. The molecule has 0 saturated carbocycles. The lowest BCUT2D eigenvalue weighted by Crippen LogP contribution is -2.45. The van der Waals surface area contributed by atoms with Gasteiger partial charge in [0, 0.05) is 17.7 Å². The van der Waals surface area contributed by atoms with Crippen molar-refractivity contribution in [1.29, 1.82) is 0 Å². The maximum Gasteiger partial charge on any atom is 0.427 e. The van der Waals surface area contributed by atoms with Crippen LogP contribution >= 0.6 is 0 Å². The molecule has 0 aliphatic rings. The van der Waals surface area contributed by atoms with Gasteiger partial charge in [-0.25, -0.2) is 23.9 Å². The van der Waals surface area contributed by atoms with E-state index in [0.717, 1.165) is 4.57 Å². The first kappa shape index (κ1) is 28.3. The minimum absolute atomic E-state index is 0.0417. The van der Waals surface area contributed by atoms with Crippen molar-refractivity contribution in [2.75, 3.05) is 4.90 Å². The number of nitro groups is 1. The summed E-state index contributed by atoms with van der Waals surface area (Å²) >= 11 is 0. The van der Waals surface area contributed by atoms with Crippen LogP contribution in [0.5, 0.6) is 0 Å². The van der Waals surface area contributed by atoms with Crippen LogP contribution in [-0.2, 0) is 14.2 Å². The molecular formula is C24H32N4O8. The molecule has 2 amide bonds. The summed E-state index contributed by atoms with van der Waals surface area (Å²) in [6.45, 7) is 14.5. The number of carbonyl (C=O) groups is 3. The van der Waals surface area contributed by atoms with Gasteiger partial charge in [-0.05, 0) is 62.3 Å². The third-order valence-electron chi connectivity index (χ3n) is 4.02.